The van der Waals surface area contributed by atoms with Gasteiger partial charge in [0.05, 0.1) is 18.5 Å². The van der Waals surface area contributed by atoms with Crippen LogP contribution >= 0.6 is 0 Å². The van der Waals surface area contributed by atoms with Crippen LogP contribution in [-0.2, 0) is 22.4 Å². The first kappa shape index (κ1) is 16.3. The van der Waals surface area contributed by atoms with Crippen LogP contribution in [0.2, 0.25) is 0 Å². The number of hydrogen-bond acceptors (Lipinski definition) is 6. The Hall–Kier alpha value is -1.72. The molecule has 0 aliphatic carbocycles. The van der Waals surface area contributed by atoms with E-state index in [0.717, 1.165) is 30.7 Å². The van der Waals surface area contributed by atoms with Gasteiger partial charge in [-0.25, -0.2) is 9.78 Å². The van der Waals surface area contributed by atoms with Crippen molar-refractivity contribution < 1.29 is 9.53 Å². The topological polar surface area (TPSA) is 77.0 Å². The molecule has 0 saturated carbocycles. The van der Waals surface area contributed by atoms with E-state index in [-0.39, 0.29) is 5.97 Å². The molecule has 1 aromatic heterocycles. The fourth-order valence-electron chi connectivity index (χ4n) is 2.18. The van der Waals surface area contributed by atoms with E-state index in [1.54, 1.807) is 6.92 Å². The van der Waals surface area contributed by atoms with E-state index in [1.165, 1.54) is 7.11 Å². The quantitative estimate of drug-likeness (QED) is 0.771. The van der Waals surface area contributed by atoms with Gasteiger partial charge in [-0.1, -0.05) is 27.2 Å². The number of methoxy groups -OCH3 is 1. The first-order valence-electron chi connectivity index (χ1n) is 7.09. The molecule has 0 amide bonds. The number of esters is 1. The Morgan fingerprint density at radius 2 is 1.85 bits per heavy atom. The third kappa shape index (κ3) is 3.65. The van der Waals surface area contributed by atoms with Crippen molar-refractivity contribution in [1.82, 2.24) is 15.2 Å². The molecule has 6 heteroatoms. The zero-order chi connectivity index (χ0) is 15.2. The first-order valence-corrected chi connectivity index (χ1v) is 7.09. The summed E-state index contributed by atoms with van der Waals surface area (Å²) >= 11 is 0. The van der Waals surface area contributed by atoms with Crippen molar-refractivity contribution in [3.8, 4) is 0 Å². The summed E-state index contributed by atoms with van der Waals surface area (Å²) in [6.45, 7) is 7.86. The maximum Gasteiger partial charge on any atom is 0.331 e. The van der Waals surface area contributed by atoms with Crippen molar-refractivity contribution in [2.45, 2.75) is 58.9 Å². The summed E-state index contributed by atoms with van der Waals surface area (Å²) in [7, 11) is 1.38. The monoisotopic (exact) mass is 280 g/mol. The lowest BCUT2D eigenvalue weighted by Gasteiger charge is -2.27. The minimum Gasteiger partial charge on any atom is -0.467 e. The molecule has 0 saturated heterocycles. The largest absolute Gasteiger partial charge is 0.467 e. The molecule has 20 heavy (non-hydrogen) atoms. The molecule has 112 valence electrons. The van der Waals surface area contributed by atoms with E-state index in [4.69, 9.17) is 4.74 Å². The highest BCUT2D eigenvalue weighted by molar-refractivity contribution is 5.83. The summed E-state index contributed by atoms with van der Waals surface area (Å²) < 4.78 is 4.86. The number of nitrogens with one attached hydrogen (secondary N) is 1. The molecule has 0 fully saturated rings. The fraction of sp³-hybridized carbons (Fsp3) is 0.714. The van der Waals surface area contributed by atoms with Gasteiger partial charge in [0.2, 0.25) is 5.95 Å². The fourth-order valence-corrected chi connectivity index (χ4v) is 2.18. The average Bonchev–Trinajstić information content (AvgIpc) is 2.46. The van der Waals surface area contributed by atoms with Crippen LogP contribution in [0, 0.1) is 0 Å². The van der Waals surface area contributed by atoms with Gasteiger partial charge in [0.25, 0.3) is 0 Å². The lowest BCUT2D eigenvalue weighted by Crippen LogP contribution is -2.44. The molecular formula is C14H24N4O2. The van der Waals surface area contributed by atoms with Gasteiger partial charge in [0, 0.05) is 0 Å². The molecule has 1 N–H and O–H groups in total. The van der Waals surface area contributed by atoms with Crippen LogP contribution in [0.15, 0.2) is 0 Å². The van der Waals surface area contributed by atoms with Gasteiger partial charge < -0.3 is 10.1 Å². The van der Waals surface area contributed by atoms with Crippen LogP contribution in [0.4, 0.5) is 5.95 Å². The standard InChI is InChI=1S/C14H24N4O2/c1-6-9-14(4,12(19)20-5)16-13-15-10(7-2)11(8-3)17-18-13/h6-9H2,1-5H3,(H,15,16,18). The number of aryl methyl sites for hydroxylation is 2. The predicted octanol–water partition coefficient (Wildman–Crippen LogP) is 2.14. The zero-order valence-corrected chi connectivity index (χ0v) is 13.0. The number of aromatic nitrogens is 3. The molecular weight excluding hydrogens is 256 g/mol. The molecule has 0 bridgehead atoms. The maximum atomic E-state index is 11.9. The van der Waals surface area contributed by atoms with Gasteiger partial charge in [-0.05, 0) is 26.2 Å². The minimum absolute atomic E-state index is 0.319. The van der Waals surface area contributed by atoms with Crippen molar-refractivity contribution in [2.24, 2.45) is 0 Å². The van der Waals surface area contributed by atoms with E-state index in [9.17, 15) is 4.79 Å². The number of anilines is 1. The van der Waals surface area contributed by atoms with Crippen LogP contribution in [0.3, 0.4) is 0 Å². The van der Waals surface area contributed by atoms with Crippen LogP contribution in [0.25, 0.3) is 0 Å². The molecule has 0 radical (unpaired) electrons. The summed E-state index contributed by atoms with van der Waals surface area (Å²) in [6.07, 6.45) is 3.07. The Balaban J connectivity index is 3.02. The number of rotatable bonds is 7. The molecule has 6 nitrogen and oxygen atoms in total. The van der Waals surface area contributed by atoms with Gasteiger partial charge >= 0.3 is 5.97 Å². The Morgan fingerprint density at radius 3 is 2.35 bits per heavy atom. The summed E-state index contributed by atoms with van der Waals surface area (Å²) in [4.78, 5) is 16.4. The van der Waals surface area contributed by atoms with Crippen molar-refractivity contribution in [3.63, 3.8) is 0 Å². The van der Waals surface area contributed by atoms with E-state index in [1.807, 2.05) is 20.8 Å². The predicted molar refractivity (Wildman–Crippen MR) is 77.5 cm³/mol. The normalized spacial score (nSPS) is 13.7. The van der Waals surface area contributed by atoms with Gasteiger partial charge in [-0.2, -0.15) is 5.10 Å². The zero-order valence-electron chi connectivity index (χ0n) is 13.0. The van der Waals surface area contributed by atoms with E-state index < -0.39 is 5.54 Å². The van der Waals surface area contributed by atoms with Gasteiger partial charge in [-0.3, -0.25) is 0 Å². The summed E-state index contributed by atoms with van der Waals surface area (Å²) in [6, 6.07) is 0. The highest BCUT2D eigenvalue weighted by Gasteiger charge is 2.34. The van der Waals surface area contributed by atoms with Crippen LogP contribution in [-0.4, -0.2) is 33.8 Å². The molecule has 1 unspecified atom stereocenters. The van der Waals surface area contributed by atoms with Crippen LogP contribution in [0.5, 0.6) is 0 Å². The van der Waals surface area contributed by atoms with Gasteiger partial charge in [0.15, 0.2) is 0 Å². The lowest BCUT2D eigenvalue weighted by atomic mass is 9.96. The summed E-state index contributed by atoms with van der Waals surface area (Å²) in [5.74, 6) is 0.0565. The molecule has 1 heterocycles. The highest BCUT2D eigenvalue weighted by atomic mass is 16.5. The molecule has 1 atom stereocenters. The summed E-state index contributed by atoms with van der Waals surface area (Å²) in [5, 5.41) is 11.3. The smallest absolute Gasteiger partial charge is 0.331 e. The van der Waals surface area contributed by atoms with E-state index in [0.29, 0.717) is 12.4 Å². The highest BCUT2D eigenvalue weighted by Crippen LogP contribution is 2.19. The molecule has 0 aliphatic rings. The molecule has 0 aromatic carbocycles. The van der Waals surface area contributed by atoms with Crippen molar-refractivity contribution in [2.75, 3.05) is 12.4 Å². The lowest BCUT2D eigenvalue weighted by molar-refractivity contribution is -0.145. The van der Waals surface area contributed by atoms with Crippen LogP contribution in [0.1, 0.15) is 51.9 Å². The SMILES string of the molecule is CCCC(C)(Nc1nnc(CC)c(CC)n1)C(=O)OC. The number of carbonyl (C=O) groups excluding carboxylic acids is 1. The van der Waals surface area contributed by atoms with Crippen molar-refractivity contribution >= 4 is 11.9 Å². The minimum atomic E-state index is -0.829. The molecule has 0 aliphatic heterocycles. The van der Waals surface area contributed by atoms with Crippen molar-refractivity contribution in [3.05, 3.63) is 11.4 Å². The second kappa shape index (κ2) is 7.17. The third-order valence-corrected chi connectivity index (χ3v) is 3.28. The number of hydrogen-bond donors (Lipinski definition) is 1. The van der Waals surface area contributed by atoms with Gasteiger partial charge in [-0.15, -0.1) is 5.10 Å². The van der Waals surface area contributed by atoms with Crippen LogP contribution < -0.4 is 5.32 Å². The first-order chi connectivity index (χ1) is 9.50. The molecule has 1 aromatic rings. The summed E-state index contributed by atoms with van der Waals surface area (Å²) in [5.41, 5.74) is 0.978. The van der Waals surface area contributed by atoms with Crippen molar-refractivity contribution in [1.29, 1.82) is 0 Å². The van der Waals surface area contributed by atoms with E-state index >= 15 is 0 Å². The number of ether oxygens (including phenoxy) is 1. The third-order valence-electron chi connectivity index (χ3n) is 3.28. The Labute approximate surface area is 120 Å². The Bertz CT molecular complexity index is 464. The Kier molecular flexibility index (Phi) is 5.85. The number of carbonyl (C=O) groups is 1. The van der Waals surface area contributed by atoms with Gasteiger partial charge in [0.1, 0.15) is 5.54 Å². The average molecular weight is 280 g/mol. The van der Waals surface area contributed by atoms with E-state index in [2.05, 4.69) is 20.5 Å². The Morgan fingerprint density at radius 1 is 1.20 bits per heavy atom. The molecule has 1 rings (SSSR count). The maximum absolute atomic E-state index is 11.9. The second-order valence-corrected chi connectivity index (χ2v) is 4.93. The number of nitrogens with zero attached hydrogens (tertiary/aromatic N) is 3. The molecule has 0 spiro atoms. The second-order valence-electron chi connectivity index (χ2n) is 4.93.